The van der Waals surface area contributed by atoms with Gasteiger partial charge in [0.05, 0.1) is 0 Å². The second-order valence-electron chi connectivity index (χ2n) is 5.32. The first-order chi connectivity index (χ1) is 11.3. The van der Waals surface area contributed by atoms with Crippen molar-refractivity contribution in [1.29, 1.82) is 0 Å². The standard InChI is InChI=1S/C20H18ClNO/c21-18-8-4-7-17(12-18)19-10-9-16(13-22)11-20(19)23-14-15-5-2-1-3-6-15/h1-12H,13-14,22H2. The molecule has 0 bridgehead atoms. The lowest BCUT2D eigenvalue weighted by molar-refractivity contribution is 0.307. The molecular formula is C20H18ClNO. The lowest BCUT2D eigenvalue weighted by Crippen LogP contribution is -2.00. The molecule has 0 unspecified atom stereocenters. The van der Waals surface area contributed by atoms with E-state index in [9.17, 15) is 0 Å². The van der Waals surface area contributed by atoms with Gasteiger partial charge >= 0.3 is 0 Å². The highest BCUT2D eigenvalue weighted by Gasteiger charge is 2.08. The van der Waals surface area contributed by atoms with Crippen molar-refractivity contribution < 1.29 is 4.74 Å². The molecule has 0 aromatic heterocycles. The summed E-state index contributed by atoms with van der Waals surface area (Å²) in [4.78, 5) is 0. The summed E-state index contributed by atoms with van der Waals surface area (Å²) in [6.07, 6.45) is 0. The molecule has 3 rings (SSSR count). The highest BCUT2D eigenvalue weighted by Crippen LogP contribution is 2.33. The van der Waals surface area contributed by atoms with Crippen molar-refractivity contribution in [2.75, 3.05) is 0 Å². The first-order valence-electron chi connectivity index (χ1n) is 7.52. The summed E-state index contributed by atoms with van der Waals surface area (Å²) in [7, 11) is 0. The van der Waals surface area contributed by atoms with E-state index < -0.39 is 0 Å². The molecular weight excluding hydrogens is 306 g/mol. The van der Waals surface area contributed by atoms with Crippen molar-refractivity contribution in [2.45, 2.75) is 13.2 Å². The molecule has 3 aromatic carbocycles. The summed E-state index contributed by atoms with van der Waals surface area (Å²) in [6, 6.07) is 23.9. The molecule has 0 fully saturated rings. The van der Waals surface area contributed by atoms with E-state index in [0.29, 0.717) is 18.2 Å². The molecule has 0 aliphatic carbocycles. The van der Waals surface area contributed by atoms with Crippen LogP contribution in [-0.4, -0.2) is 0 Å². The number of hydrogen-bond donors (Lipinski definition) is 1. The molecule has 2 nitrogen and oxygen atoms in total. The molecule has 0 aliphatic rings. The number of rotatable bonds is 5. The van der Waals surface area contributed by atoms with Gasteiger partial charge in [0, 0.05) is 17.1 Å². The summed E-state index contributed by atoms with van der Waals surface area (Å²) in [5, 5.41) is 0.708. The Balaban J connectivity index is 1.93. The topological polar surface area (TPSA) is 35.2 Å². The van der Waals surface area contributed by atoms with E-state index in [4.69, 9.17) is 22.1 Å². The molecule has 0 aliphatic heterocycles. The van der Waals surface area contributed by atoms with Crippen molar-refractivity contribution in [1.82, 2.24) is 0 Å². The van der Waals surface area contributed by atoms with Gasteiger partial charge in [0.25, 0.3) is 0 Å². The van der Waals surface area contributed by atoms with Crippen molar-refractivity contribution in [2.24, 2.45) is 5.73 Å². The summed E-state index contributed by atoms with van der Waals surface area (Å²) in [5.41, 5.74) is 9.98. The maximum Gasteiger partial charge on any atom is 0.127 e. The van der Waals surface area contributed by atoms with E-state index in [1.807, 2.05) is 72.8 Å². The van der Waals surface area contributed by atoms with Crippen LogP contribution in [0.3, 0.4) is 0 Å². The molecule has 0 amide bonds. The lowest BCUT2D eigenvalue weighted by Gasteiger charge is -2.14. The van der Waals surface area contributed by atoms with Crippen LogP contribution < -0.4 is 10.5 Å². The van der Waals surface area contributed by atoms with E-state index in [2.05, 4.69) is 0 Å². The number of halogens is 1. The van der Waals surface area contributed by atoms with Crippen LogP contribution in [0.4, 0.5) is 0 Å². The molecule has 3 aromatic rings. The Kier molecular flexibility index (Phi) is 4.96. The highest BCUT2D eigenvalue weighted by atomic mass is 35.5. The van der Waals surface area contributed by atoms with Crippen LogP contribution in [0.15, 0.2) is 72.8 Å². The van der Waals surface area contributed by atoms with Crippen LogP contribution in [0.5, 0.6) is 5.75 Å². The minimum atomic E-state index is 0.484. The number of ether oxygens (including phenoxy) is 1. The molecule has 2 N–H and O–H groups in total. The predicted molar refractivity (Wildman–Crippen MR) is 95.6 cm³/mol. The molecule has 0 saturated heterocycles. The molecule has 0 spiro atoms. The lowest BCUT2D eigenvalue weighted by atomic mass is 10.0. The zero-order valence-corrected chi connectivity index (χ0v) is 13.5. The minimum absolute atomic E-state index is 0.484. The van der Waals surface area contributed by atoms with Gasteiger partial charge in [-0.15, -0.1) is 0 Å². The second kappa shape index (κ2) is 7.32. The predicted octanol–water partition coefficient (Wildman–Crippen LogP) is 5.04. The Morgan fingerprint density at radius 1 is 0.826 bits per heavy atom. The Morgan fingerprint density at radius 3 is 2.39 bits per heavy atom. The van der Waals surface area contributed by atoms with Crippen LogP contribution in [0.25, 0.3) is 11.1 Å². The van der Waals surface area contributed by atoms with E-state index in [-0.39, 0.29) is 0 Å². The maximum atomic E-state index is 6.12. The molecule has 3 heteroatoms. The summed E-state index contributed by atoms with van der Waals surface area (Å²) in [6.45, 7) is 1.000. The van der Waals surface area contributed by atoms with Gasteiger partial charge < -0.3 is 10.5 Å². The van der Waals surface area contributed by atoms with Gasteiger partial charge in [-0.05, 0) is 34.9 Å². The Morgan fingerprint density at radius 2 is 1.65 bits per heavy atom. The summed E-state index contributed by atoms with van der Waals surface area (Å²) >= 11 is 6.12. The Hall–Kier alpha value is -2.29. The Labute approximate surface area is 141 Å². The van der Waals surface area contributed by atoms with Crippen LogP contribution in [-0.2, 0) is 13.2 Å². The van der Waals surface area contributed by atoms with E-state index in [1.54, 1.807) is 0 Å². The maximum absolute atomic E-state index is 6.12. The van der Waals surface area contributed by atoms with E-state index in [0.717, 1.165) is 28.0 Å². The number of nitrogens with two attached hydrogens (primary N) is 1. The van der Waals surface area contributed by atoms with Gasteiger partial charge in [-0.1, -0.05) is 66.2 Å². The molecule has 0 radical (unpaired) electrons. The van der Waals surface area contributed by atoms with Crippen molar-refractivity contribution >= 4 is 11.6 Å². The molecule has 0 atom stereocenters. The monoisotopic (exact) mass is 323 g/mol. The number of benzene rings is 3. The zero-order chi connectivity index (χ0) is 16.1. The highest BCUT2D eigenvalue weighted by molar-refractivity contribution is 6.30. The van der Waals surface area contributed by atoms with Crippen molar-refractivity contribution in [3.63, 3.8) is 0 Å². The fraction of sp³-hybridized carbons (Fsp3) is 0.100. The quantitative estimate of drug-likeness (QED) is 0.713. The first-order valence-corrected chi connectivity index (χ1v) is 7.90. The summed E-state index contributed by atoms with van der Waals surface area (Å²) in [5.74, 6) is 0.819. The Bertz CT molecular complexity index is 787. The third-order valence-corrected chi connectivity index (χ3v) is 3.89. The van der Waals surface area contributed by atoms with Gasteiger partial charge in [0.2, 0.25) is 0 Å². The molecule has 116 valence electrons. The normalized spacial score (nSPS) is 10.5. The third kappa shape index (κ3) is 3.92. The second-order valence-corrected chi connectivity index (χ2v) is 5.76. The summed E-state index contributed by atoms with van der Waals surface area (Å²) < 4.78 is 6.06. The van der Waals surface area contributed by atoms with Gasteiger partial charge in [-0.2, -0.15) is 0 Å². The molecule has 23 heavy (non-hydrogen) atoms. The third-order valence-electron chi connectivity index (χ3n) is 3.65. The average molecular weight is 324 g/mol. The SMILES string of the molecule is NCc1ccc(-c2cccc(Cl)c2)c(OCc2ccccc2)c1. The van der Waals surface area contributed by atoms with Gasteiger partial charge in [-0.3, -0.25) is 0 Å². The molecule has 0 heterocycles. The minimum Gasteiger partial charge on any atom is -0.488 e. The first kappa shape index (κ1) is 15.6. The van der Waals surface area contributed by atoms with Gasteiger partial charge in [0.15, 0.2) is 0 Å². The van der Waals surface area contributed by atoms with Crippen molar-refractivity contribution in [3.8, 4) is 16.9 Å². The fourth-order valence-corrected chi connectivity index (χ4v) is 2.63. The van der Waals surface area contributed by atoms with Gasteiger partial charge in [-0.25, -0.2) is 0 Å². The van der Waals surface area contributed by atoms with Crippen LogP contribution >= 0.6 is 11.6 Å². The van der Waals surface area contributed by atoms with Crippen LogP contribution in [0.1, 0.15) is 11.1 Å². The van der Waals surface area contributed by atoms with E-state index in [1.165, 1.54) is 0 Å². The van der Waals surface area contributed by atoms with Crippen LogP contribution in [0.2, 0.25) is 5.02 Å². The van der Waals surface area contributed by atoms with Crippen LogP contribution in [0, 0.1) is 0 Å². The largest absolute Gasteiger partial charge is 0.488 e. The zero-order valence-electron chi connectivity index (χ0n) is 12.7. The van der Waals surface area contributed by atoms with Gasteiger partial charge in [0.1, 0.15) is 12.4 Å². The van der Waals surface area contributed by atoms with Crippen molar-refractivity contribution in [3.05, 3.63) is 88.9 Å². The van der Waals surface area contributed by atoms with E-state index >= 15 is 0 Å². The smallest absolute Gasteiger partial charge is 0.127 e. The fourth-order valence-electron chi connectivity index (χ4n) is 2.44. The molecule has 0 saturated carbocycles. The number of hydrogen-bond acceptors (Lipinski definition) is 2. The average Bonchev–Trinajstić information content (AvgIpc) is 2.60.